The molecular weight excluding hydrogens is 281 g/mol. The van der Waals surface area contributed by atoms with Gasteiger partial charge in [0.05, 0.1) is 18.0 Å². The van der Waals surface area contributed by atoms with Gasteiger partial charge in [-0.15, -0.1) is 0 Å². The highest BCUT2D eigenvalue weighted by molar-refractivity contribution is 9.10. The zero-order valence-electron chi connectivity index (χ0n) is 7.67. The number of rotatable bonds is 1. The van der Waals surface area contributed by atoms with E-state index in [0.717, 1.165) is 4.47 Å². The smallest absolute Gasteiger partial charge is 0.234 e. The minimum Gasteiger partial charge on any atom is -0.305 e. The molecular formula is C10H7BrClNO2. The minimum absolute atomic E-state index is 0.00627. The maximum atomic E-state index is 11.4. The van der Waals surface area contributed by atoms with Crippen molar-refractivity contribution < 1.29 is 9.59 Å². The van der Waals surface area contributed by atoms with Crippen LogP contribution in [0.25, 0.3) is 0 Å². The van der Waals surface area contributed by atoms with Crippen LogP contribution in [-0.4, -0.2) is 18.2 Å². The largest absolute Gasteiger partial charge is 0.305 e. The molecule has 1 heterocycles. The van der Waals surface area contributed by atoms with Crippen molar-refractivity contribution in [3.63, 3.8) is 0 Å². The van der Waals surface area contributed by atoms with Crippen molar-refractivity contribution in [2.24, 2.45) is 0 Å². The zero-order chi connectivity index (χ0) is 11.0. The summed E-state index contributed by atoms with van der Waals surface area (Å²) in [5.74, 6) is -0.225. The second-order valence-electron chi connectivity index (χ2n) is 3.29. The molecule has 0 bridgehead atoms. The maximum absolute atomic E-state index is 11.4. The summed E-state index contributed by atoms with van der Waals surface area (Å²) in [6.07, 6.45) is -0.00627. The molecule has 1 aliphatic heterocycles. The summed E-state index contributed by atoms with van der Waals surface area (Å²) >= 11 is 9.17. The van der Waals surface area contributed by atoms with Crippen molar-refractivity contribution >= 4 is 44.9 Å². The fourth-order valence-electron chi connectivity index (χ4n) is 1.47. The molecule has 1 aliphatic rings. The number of carbonyl (C=O) groups is 2. The standard InChI is InChI=1S/C10H7BrClNO2/c11-8-2-1-6(3-9(8)12)13-5-7(14)4-10(13)15/h1-3H,4-5H2. The van der Waals surface area contributed by atoms with Crippen molar-refractivity contribution in [2.45, 2.75) is 6.42 Å². The van der Waals surface area contributed by atoms with Crippen LogP contribution in [0.1, 0.15) is 6.42 Å². The summed E-state index contributed by atoms with van der Waals surface area (Å²) in [5, 5.41) is 0.527. The van der Waals surface area contributed by atoms with E-state index >= 15 is 0 Å². The first-order valence-electron chi connectivity index (χ1n) is 4.35. The van der Waals surface area contributed by atoms with Crippen molar-refractivity contribution in [2.75, 3.05) is 11.4 Å². The topological polar surface area (TPSA) is 37.4 Å². The summed E-state index contributed by atoms with van der Waals surface area (Å²) in [5.41, 5.74) is 0.666. The molecule has 0 spiro atoms. The third kappa shape index (κ3) is 2.06. The fourth-order valence-corrected chi connectivity index (χ4v) is 1.89. The Hall–Kier alpha value is -0.870. The van der Waals surface area contributed by atoms with E-state index in [2.05, 4.69) is 15.9 Å². The van der Waals surface area contributed by atoms with Crippen LogP contribution in [0.5, 0.6) is 0 Å². The number of Topliss-reactive ketones (excluding diaryl/α,β-unsaturated/α-hetero) is 1. The third-order valence-electron chi connectivity index (χ3n) is 2.20. The van der Waals surface area contributed by atoms with Gasteiger partial charge < -0.3 is 4.90 Å². The first kappa shape index (κ1) is 10.6. The van der Waals surface area contributed by atoms with E-state index in [1.165, 1.54) is 4.90 Å². The van der Waals surface area contributed by atoms with Crippen molar-refractivity contribution in [1.82, 2.24) is 0 Å². The van der Waals surface area contributed by atoms with Crippen molar-refractivity contribution in [1.29, 1.82) is 0 Å². The van der Waals surface area contributed by atoms with E-state index in [1.807, 2.05) is 0 Å². The highest BCUT2D eigenvalue weighted by atomic mass is 79.9. The third-order valence-corrected chi connectivity index (χ3v) is 3.43. The van der Waals surface area contributed by atoms with E-state index in [-0.39, 0.29) is 24.7 Å². The lowest BCUT2D eigenvalue weighted by Crippen LogP contribution is -2.24. The van der Waals surface area contributed by atoms with E-state index in [1.54, 1.807) is 18.2 Å². The van der Waals surface area contributed by atoms with Crippen LogP contribution in [0.4, 0.5) is 5.69 Å². The predicted octanol–water partition coefficient (Wildman–Crippen LogP) is 2.41. The number of amides is 1. The number of carbonyl (C=O) groups excluding carboxylic acids is 2. The Labute approximate surface area is 100 Å². The maximum Gasteiger partial charge on any atom is 0.234 e. The molecule has 0 N–H and O–H groups in total. The van der Waals surface area contributed by atoms with E-state index in [4.69, 9.17) is 11.6 Å². The second kappa shape index (κ2) is 3.94. The van der Waals surface area contributed by atoms with Crippen LogP contribution in [0.2, 0.25) is 5.02 Å². The van der Waals surface area contributed by atoms with Gasteiger partial charge in [-0.2, -0.15) is 0 Å². The number of benzene rings is 1. The molecule has 1 saturated heterocycles. The van der Waals surface area contributed by atoms with Gasteiger partial charge in [-0.3, -0.25) is 9.59 Å². The van der Waals surface area contributed by atoms with Crippen LogP contribution in [0.3, 0.4) is 0 Å². The second-order valence-corrected chi connectivity index (χ2v) is 4.56. The highest BCUT2D eigenvalue weighted by Gasteiger charge is 2.28. The van der Waals surface area contributed by atoms with Gasteiger partial charge in [-0.1, -0.05) is 11.6 Å². The quantitative estimate of drug-likeness (QED) is 0.744. The first-order chi connectivity index (χ1) is 7.08. The lowest BCUT2D eigenvalue weighted by Gasteiger charge is -2.15. The molecule has 5 heteroatoms. The molecule has 1 fully saturated rings. The molecule has 0 aliphatic carbocycles. The van der Waals surface area contributed by atoms with Gasteiger partial charge in [0.1, 0.15) is 0 Å². The van der Waals surface area contributed by atoms with Gasteiger partial charge in [-0.05, 0) is 34.1 Å². The molecule has 78 valence electrons. The van der Waals surface area contributed by atoms with Crippen LogP contribution >= 0.6 is 27.5 Å². The van der Waals surface area contributed by atoms with Crippen LogP contribution in [0, 0.1) is 0 Å². The lowest BCUT2D eigenvalue weighted by atomic mass is 10.3. The zero-order valence-corrected chi connectivity index (χ0v) is 10.0. The number of nitrogens with zero attached hydrogens (tertiary/aromatic N) is 1. The molecule has 1 aromatic rings. The normalized spacial score (nSPS) is 16.3. The molecule has 1 amide bonds. The first-order valence-corrected chi connectivity index (χ1v) is 5.52. The van der Waals surface area contributed by atoms with Crippen molar-refractivity contribution in [3.05, 3.63) is 27.7 Å². The van der Waals surface area contributed by atoms with Gasteiger partial charge in [0.25, 0.3) is 0 Å². The molecule has 2 rings (SSSR count). The minimum atomic E-state index is -0.168. The molecule has 1 aromatic carbocycles. The summed E-state index contributed by atoms with van der Waals surface area (Å²) in [6, 6.07) is 5.18. The Morgan fingerprint density at radius 1 is 1.33 bits per heavy atom. The van der Waals surface area contributed by atoms with Gasteiger partial charge in [0, 0.05) is 10.2 Å². The fraction of sp³-hybridized carbons (Fsp3) is 0.200. The average Bonchev–Trinajstić information content (AvgIpc) is 2.50. The summed E-state index contributed by atoms with van der Waals surface area (Å²) in [4.78, 5) is 24.0. The molecule has 3 nitrogen and oxygen atoms in total. The van der Waals surface area contributed by atoms with Crippen LogP contribution in [-0.2, 0) is 9.59 Å². The number of hydrogen-bond acceptors (Lipinski definition) is 2. The molecule has 15 heavy (non-hydrogen) atoms. The number of ketones is 1. The molecule has 0 aromatic heterocycles. The Kier molecular flexibility index (Phi) is 2.80. The summed E-state index contributed by atoms with van der Waals surface area (Å²) in [7, 11) is 0. The molecule has 0 saturated carbocycles. The van der Waals surface area contributed by atoms with E-state index < -0.39 is 0 Å². The van der Waals surface area contributed by atoms with Gasteiger partial charge in [0.15, 0.2) is 5.78 Å². The average molecular weight is 289 g/mol. The summed E-state index contributed by atoms with van der Waals surface area (Å²) in [6.45, 7) is 0.150. The SMILES string of the molecule is O=C1CC(=O)N(c2ccc(Br)c(Cl)c2)C1. The molecule has 0 radical (unpaired) electrons. The molecule has 0 atom stereocenters. The Morgan fingerprint density at radius 3 is 2.60 bits per heavy atom. The molecule has 0 unspecified atom stereocenters. The van der Waals surface area contributed by atoms with Crippen molar-refractivity contribution in [3.8, 4) is 0 Å². The Bertz CT molecular complexity index is 447. The highest BCUT2D eigenvalue weighted by Crippen LogP contribution is 2.29. The Morgan fingerprint density at radius 2 is 2.07 bits per heavy atom. The number of hydrogen-bond donors (Lipinski definition) is 0. The Balaban J connectivity index is 2.34. The van der Waals surface area contributed by atoms with E-state index in [9.17, 15) is 9.59 Å². The summed E-state index contributed by atoms with van der Waals surface area (Å²) < 4.78 is 0.769. The van der Waals surface area contributed by atoms with Gasteiger partial charge in [0.2, 0.25) is 5.91 Å². The van der Waals surface area contributed by atoms with Crippen LogP contribution < -0.4 is 4.90 Å². The number of halogens is 2. The van der Waals surface area contributed by atoms with E-state index in [0.29, 0.717) is 10.7 Å². The van der Waals surface area contributed by atoms with Gasteiger partial charge >= 0.3 is 0 Å². The lowest BCUT2D eigenvalue weighted by molar-refractivity contribution is -0.121. The number of anilines is 1. The monoisotopic (exact) mass is 287 g/mol. The predicted molar refractivity (Wildman–Crippen MR) is 61.1 cm³/mol. The van der Waals surface area contributed by atoms with Gasteiger partial charge in [-0.25, -0.2) is 0 Å². The van der Waals surface area contributed by atoms with Crippen LogP contribution in [0.15, 0.2) is 22.7 Å².